The lowest BCUT2D eigenvalue weighted by Gasteiger charge is -2.75. The summed E-state index contributed by atoms with van der Waals surface area (Å²) in [5.74, 6) is 0.711. The molecule has 2 fully saturated rings. The van der Waals surface area contributed by atoms with Crippen molar-refractivity contribution in [2.45, 2.75) is 142 Å². The van der Waals surface area contributed by atoms with Gasteiger partial charge < -0.3 is 0 Å². The average molecular weight is 515 g/mol. The molecule has 0 aromatic rings. The third-order valence-electron chi connectivity index (χ3n) is 15.8. The lowest BCUT2D eigenvalue weighted by molar-refractivity contribution is -0.251. The van der Waals surface area contributed by atoms with Gasteiger partial charge in [-0.25, -0.2) is 9.59 Å². The van der Waals surface area contributed by atoms with E-state index in [9.17, 15) is 9.59 Å². The second-order valence-electron chi connectivity index (χ2n) is 17.3. The molecule has 0 N–H and O–H groups in total. The predicted octanol–water partition coefficient (Wildman–Crippen LogP) is 9.03. The molecular weight excluding hydrogens is 456 g/mol. The minimum Gasteiger partial charge on any atom is -0.211 e. The molecule has 0 spiro atoms. The Kier molecular flexibility index (Phi) is 7.04. The van der Waals surface area contributed by atoms with Crippen molar-refractivity contribution in [2.24, 2.45) is 65.1 Å². The number of hydrogen-bond donors (Lipinski definition) is 0. The molecule has 0 saturated heterocycles. The summed E-state index contributed by atoms with van der Waals surface area (Å²) in [5.41, 5.74) is -2.66. The molecule has 0 aromatic carbocycles. The summed E-state index contributed by atoms with van der Waals surface area (Å²) in [6.45, 7) is 41.9. The third-order valence-corrected chi connectivity index (χ3v) is 15.8. The number of carbonyl (C=O) groups excluding carboxylic acids is 2. The van der Waals surface area contributed by atoms with E-state index in [4.69, 9.17) is 0 Å². The summed E-state index contributed by atoms with van der Waals surface area (Å²) < 4.78 is 0. The Morgan fingerprint density at radius 2 is 0.622 bits per heavy atom. The van der Waals surface area contributed by atoms with Gasteiger partial charge in [0.1, 0.15) is 0 Å². The molecule has 0 radical (unpaired) electrons. The Hall–Kier alpha value is -1.24. The minimum absolute atomic E-state index is 0.122. The standard InChI is InChI=1S/C33H58N2O2/c1-24(2)22(25(3,4)29(11,12)32(17,34-20-36)28(24,9)10)19-23-26(5,6)30(13,14)33(18,35-21-37)31(15,16)27(23,7)8/h22-23H,19H2,1-18H3. The molecule has 0 aliphatic heterocycles. The first-order chi connectivity index (χ1) is 16.1. The van der Waals surface area contributed by atoms with E-state index in [0.717, 1.165) is 6.42 Å². The Labute approximate surface area is 229 Å². The normalized spacial score (nSPS) is 39.5. The van der Waals surface area contributed by atoms with Gasteiger partial charge in [0, 0.05) is 0 Å². The summed E-state index contributed by atoms with van der Waals surface area (Å²) in [6, 6.07) is 0. The zero-order valence-electron chi connectivity index (χ0n) is 27.6. The molecule has 0 bridgehead atoms. The quantitative estimate of drug-likeness (QED) is 0.277. The van der Waals surface area contributed by atoms with Crippen LogP contribution in [0.15, 0.2) is 9.98 Å². The van der Waals surface area contributed by atoms with Crippen molar-refractivity contribution in [1.82, 2.24) is 0 Å². The zero-order valence-corrected chi connectivity index (χ0v) is 27.6. The van der Waals surface area contributed by atoms with Crippen LogP contribution in [0.1, 0.15) is 131 Å². The molecule has 212 valence electrons. The molecule has 4 heteroatoms. The van der Waals surface area contributed by atoms with E-state index in [2.05, 4.69) is 135 Å². The highest BCUT2D eigenvalue weighted by Gasteiger charge is 2.75. The Morgan fingerprint density at radius 1 is 0.432 bits per heavy atom. The molecule has 2 rings (SSSR count). The maximum atomic E-state index is 11.8. The lowest BCUT2D eigenvalue weighted by Crippen LogP contribution is -2.74. The smallest absolute Gasteiger partial charge is 0.211 e. The highest BCUT2D eigenvalue weighted by molar-refractivity contribution is 5.39. The second kappa shape index (κ2) is 8.14. The number of nitrogens with zero attached hydrogens (tertiary/aromatic N) is 2. The van der Waals surface area contributed by atoms with Gasteiger partial charge in [-0.3, -0.25) is 0 Å². The van der Waals surface area contributed by atoms with Gasteiger partial charge in [0.2, 0.25) is 12.2 Å². The molecule has 2 aliphatic carbocycles. The van der Waals surface area contributed by atoms with Crippen LogP contribution in [0.2, 0.25) is 0 Å². The van der Waals surface area contributed by atoms with Gasteiger partial charge >= 0.3 is 0 Å². The Morgan fingerprint density at radius 3 is 0.784 bits per heavy atom. The average Bonchev–Trinajstić information content (AvgIpc) is 2.71. The van der Waals surface area contributed by atoms with Crippen LogP contribution in [0.25, 0.3) is 0 Å². The molecule has 2 saturated carbocycles. The molecule has 0 amide bonds. The molecule has 0 unspecified atom stereocenters. The second-order valence-corrected chi connectivity index (χ2v) is 17.3. The molecule has 2 aliphatic rings. The highest BCUT2D eigenvalue weighted by Crippen LogP contribution is 2.77. The van der Waals surface area contributed by atoms with E-state index in [0.29, 0.717) is 11.8 Å². The van der Waals surface area contributed by atoms with Crippen LogP contribution < -0.4 is 0 Å². The van der Waals surface area contributed by atoms with E-state index in [-0.39, 0.29) is 43.3 Å². The minimum atomic E-state index is -0.571. The fourth-order valence-corrected chi connectivity index (χ4v) is 9.77. The topological polar surface area (TPSA) is 58.9 Å². The van der Waals surface area contributed by atoms with Crippen LogP contribution in [0.4, 0.5) is 0 Å². The van der Waals surface area contributed by atoms with Gasteiger partial charge in [-0.2, -0.15) is 9.98 Å². The summed E-state index contributed by atoms with van der Waals surface area (Å²) in [6.07, 6.45) is 4.97. The first kappa shape index (κ1) is 32.0. The van der Waals surface area contributed by atoms with Crippen molar-refractivity contribution in [3.05, 3.63) is 0 Å². The van der Waals surface area contributed by atoms with Crippen molar-refractivity contribution < 1.29 is 9.59 Å². The number of hydrogen-bond acceptors (Lipinski definition) is 4. The lowest BCUT2D eigenvalue weighted by atomic mass is 9.30. The number of isocyanates is 2. The van der Waals surface area contributed by atoms with Crippen molar-refractivity contribution >= 4 is 12.2 Å². The van der Waals surface area contributed by atoms with E-state index >= 15 is 0 Å². The first-order valence-corrected chi connectivity index (χ1v) is 14.3. The van der Waals surface area contributed by atoms with Gasteiger partial charge in [-0.15, -0.1) is 0 Å². The predicted molar refractivity (Wildman–Crippen MR) is 155 cm³/mol. The van der Waals surface area contributed by atoms with E-state index in [1.165, 1.54) is 0 Å². The fraction of sp³-hybridized carbons (Fsp3) is 0.939. The Balaban J connectivity index is 2.89. The summed E-state index contributed by atoms with van der Waals surface area (Å²) in [5, 5.41) is 0. The van der Waals surface area contributed by atoms with E-state index < -0.39 is 11.1 Å². The van der Waals surface area contributed by atoms with Crippen LogP contribution >= 0.6 is 0 Å². The largest absolute Gasteiger partial charge is 0.235 e. The van der Waals surface area contributed by atoms with Gasteiger partial charge in [0.25, 0.3) is 0 Å². The van der Waals surface area contributed by atoms with E-state index in [1.807, 2.05) is 12.2 Å². The first-order valence-electron chi connectivity index (χ1n) is 14.3. The van der Waals surface area contributed by atoms with Crippen LogP contribution in [0.3, 0.4) is 0 Å². The maximum Gasteiger partial charge on any atom is 0.235 e. The summed E-state index contributed by atoms with van der Waals surface area (Å²) >= 11 is 0. The van der Waals surface area contributed by atoms with Crippen molar-refractivity contribution in [3.8, 4) is 0 Å². The molecular formula is C33H58N2O2. The van der Waals surface area contributed by atoms with Crippen molar-refractivity contribution in [2.75, 3.05) is 0 Å². The van der Waals surface area contributed by atoms with E-state index in [1.54, 1.807) is 0 Å². The Bertz CT molecular complexity index is 887. The monoisotopic (exact) mass is 514 g/mol. The van der Waals surface area contributed by atoms with Crippen molar-refractivity contribution in [3.63, 3.8) is 0 Å². The maximum absolute atomic E-state index is 11.8. The van der Waals surface area contributed by atoms with Crippen molar-refractivity contribution in [1.29, 1.82) is 0 Å². The van der Waals surface area contributed by atoms with Crippen LogP contribution in [-0.4, -0.2) is 23.2 Å². The van der Waals surface area contributed by atoms with Crippen LogP contribution in [-0.2, 0) is 9.59 Å². The molecule has 4 nitrogen and oxygen atoms in total. The van der Waals surface area contributed by atoms with Gasteiger partial charge in [-0.1, -0.05) is 111 Å². The van der Waals surface area contributed by atoms with Gasteiger partial charge in [0.15, 0.2) is 0 Å². The molecule has 37 heavy (non-hydrogen) atoms. The SMILES string of the molecule is CC1(C)C(CC2C(C)(C)C(C)(C)C(C)(N=C=O)C(C)(C)C2(C)C)C(C)(C)C(C)(C)C(C)(N=C=O)C1(C)C. The molecule has 0 aromatic heterocycles. The van der Waals surface area contributed by atoms with Gasteiger partial charge in [0.05, 0.1) is 11.1 Å². The molecule has 0 atom stereocenters. The summed E-state index contributed by atoms with van der Waals surface area (Å²) in [4.78, 5) is 32.7. The summed E-state index contributed by atoms with van der Waals surface area (Å²) in [7, 11) is 0. The van der Waals surface area contributed by atoms with Gasteiger partial charge in [-0.05, 0) is 75.4 Å². The number of aliphatic imine (C=N–C) groups is 2. The van der Waals surface area contributed by atoms with Crippen LogP contribution in [0, 0.1) is 55.2 Å². The highest BCUT2D eigenvalue weighted by atomic mass is 16.1. The molecule has 0 heterocycles. The number of rotatable bonds is 4. The zero-order chi connectivity index (χ0) is 29.7. The fourth-order valence-electron chi connectivity index (χ4n) is 9.77. The third kappa shape index (κ3) is 3.27. The van der Waals surface area contributed by atoms with Crippen LogP contribution in [0.5, 0.6) is 0 Å².